The van der Waals surface area contributed by atoms with E-state index < -0.39 is 15.8 Å². The summed E-state index contributed by atoms with van der Waals surface area (Å²) >= 11 is 0. The van der Waals surface area contributed by atoms with Crippen LogP contribution in [0.5, 0.6) is 0 Å². The van der Waals surface area contributed by atoms with Crippen molar-refractivity contribution < 1.29 is 22.7 Å². The van der Waals surface area contributed by atoms with Crippen molar-refractivity contribution >= 4 is 32.7 Å². The molecule has 1 amide bonds. The SMILES string of the molecule is CCOC(=O)CN(C(=O)Cn1c(CS(C)(=O)=O)nc2ccccc21)C(C)C. The van der Waals surface area contributed by atoms with Crippen molar-refractivity contribution in [2.75, 3.05) is 19.4 Å². The highest BCUT2D eigenvalue weighted by Gasteiger charge is 2.24. The van der Waals surface area contributed by atoms with E-state index in [9.17, 15) is 18.0 Å². The van der Waals surface area contributed by atoms with Crippen LogP contribution in [0.25, 0.3) is 11.0 Å². The quantitative estimate of drug-likeness (QED) is 0.626. The summed E-state index contributed by atoms with van der Waals surface area (Å²) in [6, 6.07) is 6.93. The van der Waals surface area contributed by atoms with E-state index in [2.05, 4.69) is 4.98 Å². The van der Waals surface area contributed by atoms with Gasteiger partial charge < -0.3 is 14.2 Å². The minimum atomic E-state index is -3.33. The lowest BCUT2D eigenvalue weighted by molar-refractivity contribution is -0.150. The van der Waals surface area contributed by atoms with Gasteiger partial charge in [-0.1, -0.05) is 12.1 Å². The third-order valence-corrected chi connectivity index (χ3v) is 4.75. The van der Waals surface area contributed by atoms with Crippen molar-refractivity contribution in [2.45, 2.75) is 39.1 Å². The molecule has 0 spiro atoms. The molecule has 0 aliphatic carbocycles. The largest absolute Gasteiger partial charge is 0.465 e. The molecule has 0 fully saturated rings. The molecule has 1 aromatic heterocycles. The van der Waals surface area contributed by atoms with Gasteiger partial charge in [-0.3, -0.25) is 9.59 Å². The number of carbonyl (C=O) groups excluding carboxylic acids is 2. The number of hydrogen-bond donors (Lipinski definition) is 0. The van der Waals surface area contributed by atoms with E-state index in [-0.39, 0.29) is 37.4 Å². The van der Waals surface area contributed by atoms with Crippen molar-refractivity contribution in [1.82, 2.24) is 14.5 Å². The Labute approximate surface area is 159 Å². The molecule has 0 radical (unpaired) electrons. The molecular weight excluding hydrogens is 370 g/mol. The molecule has 148 valence electrons. The molecule has 0 aliphatic heterocycles. The summed E-state index contributed by atoms with van der Waals surface area (Å²) in [4.78, 5) is 30.5. The lowest BCUT2D eigenvalue weighted by Gasteiger charge is -2.26. The number of para-hydroxylation sites is 2. The maximum Gasteiger partial charge on any atom is 0.325 e. The Kier molecular flexibility index (Phi) is 6.59. The normalized spacial score (nSPS) is 11.7. The number of fused-ring (bicyclic) bond motifs is 1. The summed E-state index contributed by atoms with van der Waals surface area (Å²) in [7, 11) is -3.33. The van der Waals surface area contributed by atoms with Crippen molar-refractivity contribution in [3.05, 3.63) is 30.1 Å². The molecule has 0 saturated heterocycles. The van der Waals surface area contributed by atoms with E-state index in [0.717, 1.165) is 6.26 Å². The molecule has 8 nitrogen and oxygen atoms in total. The van der Waals surface area contributed by atoms with Crippen LogP contribution >= 0.6 is 0 Å². The Hall–Kier alpha value is -2.42. The number of hydrogen-bond acceptors (Lipinski definition) is 6. The first-order valence-corrected chi connectivity index (χ1v) is 10.8. The average molecular weight is 395 g/mol. The molecule has 1 aromatic carbocycles. The average Bonchev–Trinajstić information content (AvgIpc) is 2.88. The lowest BCUT2D eigenvalue weighted by Crippen LogP contribution is -2.43. The van der Waals surface area contributed by atoms with Gasteiger partial charge >= 0.3 is 5.97 Å². The second kappa shape index (κ2) is 8.51. The van der Waals surface area contributed by atoms with Gasteiger partial charge in [-0.05, 0) is 32.9 Å². The third-order valence-electron chi connectivity index (χ3n) is 3.97. The number of carbonyl (C=O) groups is 2. The number of sulfone groups is 1. The summed E-state index contributed by atoms with van der Waals surface area (Å²) in [5, 5.41) is 0. The Morgan fingerprint density at radius 2 is 1.93 bits per heavy atom. The van der Waals surface area contributed by atoms with Crippen molar-refractivity contribution in [3.8, 4) is 0 Å². The molecule has 0 atom stereocenters. The van der Waals surface area contributed by atoms with Crippen LogP contribution in [0.2, 0.25) is 0 Å². The predicted molar refractivity (Wildman–Crippen MR) is 102 cm³/mol. The van der Waals surface area contributed by atoms with Gasteiger partial charge in [-0.15, -0.1) is 0 Å². The van der Waals surface area contributed by atoms with E-state index >= 15 is 0 Å². The molecule has 0 N–H and O–H groups in total. The van der Waals surface area contributed by atoms with Crippen LogP contribution in [0.1, 0.15) is 26.6 Å². The van der Waals surface area contributed by atoms with Gasteiger partial charge in [-0.2, -0.15) is 0 Å². The Balaban J connectivity index is 2.36. The van der Waals surface area contributed by atoms with Crippen LogP contribution in [0.4, 0.5) is 0 Å². The monoisotopic (exact) mass is 395 g/mol. The first-order valence-electron chi connectivity index (χ1n) is 8.69. The Morgan fingerprint density at radius 3 is 2.52 bits per heavy atom. The molecule has 0 aliphatic rings. The number of rotatable bonds is 8. The molecule has 2 rings (SSSR count). The molecule has 1 heterocycles. The van der Waals surface area contributed by atoms with E-state index in [1.807, 2.05) is 0 Å². The van der Waals surface area contributed by atoms with E-state index in [1.165, 1.54) is 4.90 Å². The lowest BCUT2D eigenvalue weighted by atomic mass is 10.3. The molecule has 27 heavy (non-hydrogen) atoms. The zero-order chi connectivity index (χ0) is 20.2. The highest BCUT2D eigenvalue weighted by Crippen LogP contribution is 2.18. The molecule has 9 heteroatoms. The second-order valence-corrected chi connectivity index (χ2v) is 8.73. The summed E-state index contributed by atoms with van der Waals surface area (Å²) in [5.41, 5.74) is 1.29. The maximum atomic E-state index is 12.9. The molecule has 0 bridgehead atoms. The Morgan fingerprint density at radius 1 is 1.26 bits per heavy atom. The molecule has 0 saturated carbocycles. The number of esters is 1. The zero-order valence-electron chi connectivity index (χ0n) is 16.0. The van der Waals surface area contributed by atoms with E-state index in [4.69, 9.17) is 4.74 Å². The molecule has 2 aromatic rings. The van der Waals surface area contributed by atoms with Crippen LogP contribution in [0, 0.1) is 0 Å². The number of amides is 1. The number of imidazole rings is 1. The fourth-order valence-electron chi connectivity index (χ4n) is 2.78. The summed E-state index contributed by atoms with van der Waals surface area (Å²) in [5.74, 6) is -0.761. The zero-order valence-corrected chi connectivity index (χ0v) is 16.8. The number of benzene rings is 1. The summed E-state index contributed by atoms with van der Waals surface area (Å²) < 4.78 is 30.1. The minimum Gasteiger partial charge on any atom is -0.465 e. The van der Waals surface area contributed by atoms with Crippen LogP contribution in [0.3, 0.4) is 0 Å². The first kappa shape index (κ1) is 20.9. The maximum absolute atomic E-state index is 12.9. The second-order valence-electron chi connectivity index (χ2n) is 6.59. The highest BCUT2D eigenvalue weighted by atomic mass is 32.2. The van der Waals surface area contributed by atoms with Crippen LogP contribution < -0.4 is 0 Å². The van der Waals surface area contributed by atoms with Gasteiger partial charge in [0.15, 0.2) is 9.84 Å². The van der Waals surface area contributed by atoms with Gasteiger partial charge in [0.05, 0.1) is 17.6 Å². The van der Waals surface area contributed by atoms with Crippen molar-refractivity contribution in [1.29, 1.82) is 0 Å². The highest BCUT2D eigenvalue weighted by molar-refractivity contribution is 7.89. The Bertz CT molecular complexity index is 934. The summed E-state index contributed by atoms with van der Waals surface area (Å²) in [6.07, 6.45) is 1.12. The predicted octanol–water partition coefficient (Wildman–Crippen LogP) is 1.38. The van der Waals surface area contributed by atoms with Gasteiger partial charge in [0.1, 0.15) is 24.7 Å². The number of ether oxygens (including phenoxy) is 1. The number of aromatic nitrogens is 2. The third kappa shape index (κ3) is 5.53. The van der Waals surface area contributed by atoms with E-state index in [0.29, 0.717) is 16.9 Å². The van der Waals surface area contributed by atoms with Gasteiger partial charge in [0.25, 0.3) is 0 Å². The summed E-state index contributed by atoms with van der Waals surface area (Å²) in [6.45, 7) is 5.29. The standard InChI is InChI=1S/C18H25N3O5S/c1-5-26-18(23)11-20(13(2)3)17(22)10-21-15-9-7-6-8-14(15)19-16(21)12-27(4,24)25/h6-9,13H,5,10-12H2,1-4H3. The van der Waals surface area contributed by atoms with Crippen molar-refractivity contribution in [2.24, 2.45) is 0 Å². The smallest absolute Gasteiger partial charge is 0.325 e. The van der Waals surface area contributed by atoms with Crippen molar-refractivity contribution in [3.63, 3.8) is 0 Å². The van der Waals surface area contributed by atoms with Crippen LogP contribution in [-0.2, 0) is 36.5 Å². The molecule has 0 unspecified atom stereocenters. The van der Waals surface area contributed by atoms with Crippen LogP contribution in [0.15, 0.2) is 24.3 Å². The molecular formula is C18H25N3O5S. The van der Waals surface area contributed by atoms with Crippen LogP contribution in [-0.4, -0.2) is 60.2 Å². The first-order chi connectivity index (χ1) is 12.6. The van der Waals surface area contributed by atoms with Gasteiger partial charge in [0.2, 0.25) is 5.91 Å². The topological polar surface area (TPSA) is 98.6 Å². The fourth-order valence-corrected chi connectivity index (χ4v) is 3.47. The minimum absolute atomic E-state index is 0.108. The number of nitrogens with zero attached hydrogens (tertiary/aromatic N) is 3. The fraction of sp³-hybridized carbons (Fsp3) is 0.500. The van der Waals surface area contributed by atoms with Gasteiger partial charge in [-0.25, -0.2) is 13.4 Å². The van der Waals surface area contributed by atoms with E-state index in [1.54, 1.807) is 49.6 Å². The van der Waals surface area contributed by atoms with Gasteiger partial charge in [0, 0.05) is 12.3 Å².